The number of primary sulfonamides is 1. The van der Waals surface area contributed by atoms with Crippen molar-refractivity contribution < 1.29 is 18.1 Å². The summed E-state index contributed by atoms with van der Waals surface area (Å²) in [5.74, 6) is -0.0854. The summed E-state index contributed by atoms with van der Waals surface area (Å²) < 4.78 is 22.5. The summed E-state index contributed by atoms with van der Waals surface area (Å²) in [5, 5.41) is 7.92. The molecule has 1 heterocycles. The second-order valence-electron chi connectivity index (χ2n) is 6.38. The van der Waals surface area contributed by atoms with Gasteiger partial charge in [0.05, 0.1) is 11.4 Å². The maximum absolute atomic E-state index is 12.5. The minimum absolute atomic E-state index is 0.0248. The number of hydrogen-bond acceptors (Lipinski definition) is 3. The molecule has 2 aromatic rings. The highest BCUT2D eigenvalue weighted by molar-refractivity contribution is 7.89. The number of nitrogens with two attached hydrogens (primary N) is 1. The van der Waals surface area contributed by atoms with E-state index in [-0.39, 0.29) is 16.8 Å². The number of sulfonamides is 1. The van der Waals surface area contributed by atoms with Gasteiger partial charge in [-0.25, -0.2) is 13.6 Å². The third kappa shape index (κ3) is 4.07. The molecule has 0 saturated carbocycles. The Balaban J connectivity index is 1.65. The average Bonchev–Trinajstić information content (AvgIpc) is 2.60. The lowest BCUT2D eigenvalue weighted by Crippen LogP contribution is -3.16. The molecule has 2 aromatic carbocycles. The van der Waals surface area contributed by atoms with E-state index in [1.165, 1.54) is 28.2 Å². The molecular formula is C18H22N3O3S+. The van der Waals surface area contributed by atoms with Crippen molar-refractivity contribution in [3.8, 4) is 0 Å². The normalized spacial score (nSPS) is 18.2. The molecule has 1 aliphatic heterocycles. The molecule has 0 saturated heterocycles. The summed E-state index contributed by atoms with van der Waals surface area (Å²) in [6, 6.07) is 14.0. The Bertz CT molecular complexity index is 879. The zero-order chi connectivity index (χ0) is 18.0. The van der Waals surface area contributed by atoms with Gasteiger partial charge in [-0.15, -0.1) is 0 Å². The minimum Gasteiger partial charge on any atom is -0.321 e. The van der Waals surface area contributed by atoms with Gasteiger partial charge in [-0.05, 0) is 36.8 Å². The number of amides is 1. The number of benzene rings is 2. The van der Waals surface area contributed by atoms with E-state index in [0.29, 0.717) is 5.69 Å². The first-order valence-corrected chi connectivity index (χ1v) is 9.74. The molecule has 0 aromatic heterocycles. The lowest BCUT2D eigenvalue weighted by atomic mass is 9.99. The van der Waals surface area contributed by atoms with Crippen molar-refractivity contribution in [2.24, 2.45) is 5.14 Å². The molecule has 7 heteroatoms. The molecule has 132 valence electrons. The van der Waals surface area contributed by atoms with Crippen LogP contribution in [0, 0.1) is 0 Å². The van der Waals surface area contributed by atoms with Gasteiger partial charge in [0.2, 0.25) is 10.0 Å². The zero-order valence-corrected chi connectivity index (χ0v) is 14.8. The molecule has 3 rings (SSSR count). The van der Waals surface area contributed by atoms with Gasteiger partial charge >= 0.3 is 0 Å². The molecule has 0 fully saturated rings. The molecule has 0 aliphatic carbocycles. The topological polar surface area (TPSA) is 93.7 Å². The van der Waals surface area contributed by atoms with Crippen LogP contribution in [0.5, 0.6) is 0 Å². The molecule has 4 N–H and O–H groups in total. The largest absolute Gasteiger partial charge is 0.321 e. The first kappa shape index (κ1) is 17.6. The van der Waals surface area contributed by atoms with Crippen molar-refractivity contribution in [2.45, 2.75) is 30.8 Å². The van der Waals surface area contributed by atoms with Gasteiger partial charge in [-0.2, -0.15) is 0 Å². The first-order chi connectivity index (χ1) is 11.8. The van der Waals surface area contributed by atoms with E-state index in [0.717, 1.165) is 19.5 Å². The Hall–Kier alpha value is -2.22. The summed E-state index contributed by atoms with van der Waals surface area (Å²) in [5.41, 5.74) is 3.21. The van der Waals surface area contributed by atoms with Crippen LogP contribution in [0.15, 0.2) is 53.4 Å². The van der Waals surface area contributed by atoms with E-state index in [1.807, 2.05) is 19.1 Å². The van der Waals surface area contributed by atoms with Crippen LogP contribution in [0.2, 0.25) is 0 Å². The highest BCUT2D eigenvalue weighted by Gasteiger charge is 2.28. The molecule has 1 aliphatic rings. The van der Waals surface area contributed by atoms with E-state index in [4.69, 9.17) is 5.14 Å². The summed E-state index contributed by atoms with van der Waals surface area (Å²) in [7, 11) is -3.73. The van der Waals surface area contributed by atoms with Crippen molar-refractivity contribution in [3.05, 3.63) is 59.7 Å². The number of nitrogens with one attached hydrogen (secondary N) is 2. The maximum atomic E-state index is 12.5. The van der Waals surface area contributed by atoms with E-state index >= 15 is 0 Å². The van der Waals surface area contributed by atoms with Crippen LogP contribution in [-0.4, -0.2) is 26.9 Å². The number of anilines is 1. The zero-order valence-electron chi connectivity index (χ0n) is 14.0. The number of carbonyl (C=O) groups excluding carboxylic acids is 1. The number of carbonyl (C=O) groups is 1. The Morgan fingerprint density at radius 3 is 2.40 bits per heavy atom. The van der Waals surface area contributed by atoms with Crippen LogP contribution in [0.4, 0.5) is 5.69 Å². The van der Waals surface area contributed by atoms with Crippen molar-refractivity contribution in [1.29, 1.82) is 0 Å². The van der Waals surface area contributed by atoms with Gasteiger partial charge in [0, 0.05) is 17.7 Å². The second kappa shape index (κ2) is 6.95. The fraction of sp³-hybridized carbons (Fsp3) is 0.278. The lowest BCUT2D eigenvalue weighted by molar-refractivity contribution is -0.929. The SMILES string of the molecule is C[C@H](C(=O)Nc1ccc(S(N)(=O)=O)cc1)[NH+]1CCc2ccccc2C1. The van der Waals surface area contributed by atoms with Crippen LogP contribution in [0.1, 0.15) is 18.1 Å². The third-order valence-corrected chi connectivity index (χ3v) is 5.64. The van der Waals surface area contributed by atoms with Crippen molar-refractivity contribution in [1.82, 2.24) is 0 Å². The Morgan fingerprint density at radius 2 is 1.76 bits per heavy atom. The Morgan fingerprint density at radius 1 is 1.12 bits per heavy atom. The van der Waals surface area contributed by atoms with E-state index < -0.39 is 10.0 Å². The second-order valence-corrected chi connectivity index (χ2v) is 7.95. The summed E-state index contributed by atoms with van der Waals surface area (Å²) >= 11 is 0. The molecular weight excluding hydrogens is 338 g/mol. The highest BCUT2D eigenvalue weighted by atomic mass is 32.2. The molecule has 25 heavy (non-hydrogen) atoms. The fourth-order valence-electron chi connectivity index (χ4n) is 3.14. The highest BCUT2D eigenvalue weighted by Crippen LogP contribution is 2.13. The predicted molar refractivity (Wildman–Crippen MR) is 95.6 cm³/mol. The molecule has 0 spiro atoms. The van der Waals surface area contributed by atoms with Crippen molar-refractivity contribution in [2.75, 3.05) is 11.9 Å². The summed E-state index contributed by atoms with van der Waals surface area (Å²) in [6.07, 6.45) is 0.964. The van der Waals surface area contributed by atoms with Gasteiger partial charge in [-0.3, -0.25) is 4.79 Å². The van der Waals surface area contributed by atoms with Crippen LogP contribution in [0.3, 0.4) is 0 Å². The van der Waals surface area contributed by atoms with Gasteiger partial charge in [0.25, 0.3) is 5.91 Å². The van der Waals surface area contributed by atoms with Gasteiger partial charge in [0.1, 0.15) is 6.54 Å². The van der Waals surface area contributed by atoms with Gasteiger partial charge in [0.15, 0.2) is 6.04 Å². The molecule has 1 unspecified atom stereocenters. The first-order valence-electron chi connectivity index (χ1n) is 8.19. The Labute approximate surface area is 147 Å². The number of rotatable bonds is 4. The van der Waals surface area contributed by atoms with E-state index in [2.05, 4.69) is 17.4 Å². The molecule has 6 nitrogen and oxygen atoms in total. The molecule has 0 bridgehead atoms. The van der Waals surface area contributed by atoms with Crippen LogP contribution < -0.4 is 15.4 Å². The quantitative estimate of drug-likeness (QED) is 0.732. The average molecular weight is 360 g/mol. The van der Waals surface area contributed by atoms with Crippen molar-refractivity contribution >= 4 is 21.6 Å². The molecule has 2 atom stereocenters. The summed E-state index contributed by atoms with van der Waals surface area (Å²) in [6.45, 7) is 3.66. The smallest absolute Gasteiger partial charge is 0.282 e. The van der Waals surface area contributed by atoms with Gasteiger partial charge < -0.3 is 10.2 Å². The minimum atomic E-state index is -3.73. The predicted octanol–water partition coefficient (Wildman–Crippen LogP) is 0.302. The number of fused-ring (bicyclic) bond motifs is 1. The number of hydrogen-bond donors (Lipinski definition) is 3. The standard InChI is InChI=1S/C18H21N3O3S/c1-13(21-11-10-14-4-2-3-5-15(14)12-21)18(22)20-16-6-8-17(9-7-16)25(19,23)24/h2-9,13H,10-12H2,1H3,(H,20,22)(H2,19,23,24)/p+1/t13-/m1/s1. The van der Waals surface area contributed by atoms with Crippen LogP contribution in [0.25, 0.3) is 0 Å². The molecule has 0 radical (unpaired) electrons. The van der Waals surface area contributed by atoms with Crippen LogP contribution in [-0.2, 0) is 27.8 Å². The number of quaternary nitrogens is 1. The fourth-order valence-corrected chi connectivity index (χ4v) is 3.65. The lowest BCUT2D eigenvalue weighted by Gasteiger charge is -2.30. The van der Waals surface area contributed by atoms with E-state index in [1.54, 1.807) is 12.1 Å². The van der Waals surface area contributed by atoms with Gasteiger partial charge in [-0.1, -0.05) is 24.3 Å². The summed E-state index contributed by atoms with van der Waals surface area (Å²) in [4.78, 5) is 13.8. The van der Waals surface area contributed by atoms with E-state index in [9.17, 15) is 13.2 Å². The maximum Gasteiger partial charge on any atom is 0.282 e. The van der Waals surface area contributed by atoms with Crippen molar-refractivity contribution in [3.63, 3.8) is 0 Å². The Kier molecular flexibility index (Phi) is 4.89. The third-order valence-electron chi connectivity index (χ3n) is 4.71. The molecule has 1 amide bonds. The van der Waals surface area contributed by atoms with Crippen LogP contribution >= 0.6 is 0 Å². The monoisotopic (exact) mass is 360 g/mol.